The van der Waals surface area contributed by atoms with Gasteiger partial charge in [-0.3, -0.25) is 0 Å². The minimum Gasteiger partial charge on any atom is -0.478 e. The Morgan fingerprint density at radius 2 is 2.12 bits per heavy atom. The Balaban J connectivity index is 2.33. The maximum absolute atomic E-state index is 11.0. The molecule has 1 aromatic carbocycles. The van der Waals surface area contributed by atoms with Gasteiger partial charge in [-0.1, -0.05) is 12.1 Å². The van der Waals surface area contributed by atoms with Gasteiger partial charge in [0.1, 0.15) is 11.3 Å². The summed E-state index contributed by atoms with van der Waals surface area (Å²) in [6, 6.07) is 8.07. The number of aromatic carboxylic acids is 1. The number of aromatic nitrogens is 2. The van der Waals surface area contributed by atoms with E-state index in [0.29, 0.717) is 0 Å². The summed E-state index contributed by atoms with van der Waals surface area (Å²) in [7, 11) is 0. The summed E-state index contributed by atoms with van der Waals surface area (Å²) in [5.74, 6) is -0.514. The summed E-state index contributed by atoms with van der Waals surface area (Å²) in [4.78, 5) is 11.0. The quantitative estimate of drug-likeness (QED) is 0.875. The minimum absolute atomic E-state index is 0.0933. The van der Waals surface area contributed by atoms with Crippen LogP contribution in [0.3, 0.4) is 0 Å². The van der Waals surface area contributed by atoms with Crippen molar-refractivity contribution in [3.8, 4) is 11.6 Å². The Hall–Kier alpha value is -2.43. The fourth-order valence-electron chi connectivity index (χ4n) is 1.33. The molecule has 86 valence electrons. The SMILES string of the molecule is Cc1cnnc(Oc2ccccc2C(=O)O)c1. The van der Waals surface area contributed by atoms with Crippen LogP contribution in [0.5, 0.6) is 11.6 Å². The predicted octanol–water partition coefficient (Wildman–Crippen LogP) is 2.28. The van der Waals surface area contributed by atoms with E-state index in [1.807, 2.05) is 6.92 Å². The van der Waals surface area contributed by atoms with Gasteiger partial charge in [-0.2, -0.15) is 5.10 Å². The molecule has 1 N–H and O–H groups in total. The fraction of sp³-hybridized carbons (Fsp3) is 0.0833. The molecule has 1 aromatic heterocycles. The van der Waals surface area contributed by atoms with E-state index < -0.39 is 5.97 Å². The Morgan fingerprint density at radius 3 is 2.82 bits per heavy atom. The third kappa shape index (κ3) is 2.57. The Bertz CT molecular complexity index is 555. The first kappa shape index (κ1) is 11.1. The number of aryl methyl sites for hydroxylation is 1. The summed E-state index contributed by atoms with van der Waals surface area (Å²) in [5, 5.41) is 16.5. The van der Waals surface area contributed by atoms with Gasteiger partial charge in [0.05, 0.1) is 6.20 Å². The lowest BCUT2D eigenvalue weighted by Crippen LogP contribution is -2.00. The molecule has 0 amide bonds. The number of carbonyl (C=O) groups is 1. The first-order valence-electron chi connectivity index (χ1n) is 4.96. The fourth-order valence-corrected chi connectivity index (χ4v) is 1.33. The van der Waals surface area contributed by atoms with Crippen LogP contribution in [0.4, 0.5) is 0 Å². The number of benzene rings is 1. The molecule has 1 heterocycles. The predicted molar refractivity (Wildman–Crippen MR) is 60.2 cm³/mol. The summed E-state index contributed by atoms with van der Waals surface area (Å²) in [6.45, 7) is 1.85. The minimum atomic E-state index is -1.04. The second kappa shape index (κ2) is 4.61. The Labute approximate surface area is 97.7 Å². The molecule has 0 aliphatic heterocycles. The highest BCUT2D eigenvalue weighted by molar-refractivity contribution is 5.90. The molecule has 17 heavy (non-hydrogen) atoms. The van der Waals surface area contributed by atoms with Gasteiger partial charge >= 0.3 is 5.97 Å². The second-order valence-electron chi connectivity index (χ2n) is 3.47. The van der Waals surface area contributed by atoms with Crippen molar-refractivity contribution in [2.45, 2.75) is 6.92 Å². The maximum atomic E-state index is 11.0. The van der Waals surface area contributed by atoms with Gasteiger partial charge in [0.2, 0.25) is 5.88 Å². The van der Waals surface area contributed by atoms with Crippen molar-refractivity contribution in [2.75, 3.05) is 0 Å². The largest absolute Gasteiger partial charge is 0.478 e. The molecule has 5 heteroatoms. The number of nitrogens with zero attached hydrogens (tertiary/aromatic N) is 2. The van der Waals surface area contributed by atoms with E-state index in [9.17, 15) is 4.79 Å². The zero-order chi connectivity index (χ0) is 12.3. The molecule has 0 atom stereocenters. The van der Waals surface area contributed by atoms with Crippen molar-refractivity contribution in [3.05, 3.63) is 47.7 Å². The van der Waals surface area contributed by atoms with Gasteiger partial charge in [-0.15, -0.1) is 5.10 Å². The van der Waals surface area contributed by atoms with Crippen molar-refractivity contribution < 1.29 is 14.6 Å². The highest BCUT2D eigenvalue weighted by Crippen LogP contribution is 2.23. The lowest BCUT2D eigenvalue weighted by Gasteiger charge is -2.06. The number of hydrogen-bond donors (Lipinski definition) is 1. The van der Waals surface area contributed by atoms with Crippen molar-refractivity contribution in [3.63, 3.8) is 0 Å². The van der Waals surface area contributed by atoms with Crippen molar-refractivity contribution in [2.24, 2.45) is 0 Å². The number of ether oxygens (including phenoxy) is 1. The third-order valence-electron chi connectivity index (χ3n) is 2.10. The number of carboxylic acids is 1. The first-order chi connectivity index (χ1) is 8.16. The van der Waals surface area contributed by atoms with Crippen molar-refractivity contribution in [1.82, 2.24) is 10.2 Å². The molecule has 0 saturated heterocycles. The third-order valence-corrected chi connectivity index (χ3v) is 2.10. The van der Waals surface area contributed by atoms with Gasteiger partial charge in [0, 0.05) is 6.07 Å². The van der Waals surface area contributed by atoms with Crippen LogP contribution < -0.4 is 4.74 Å². The normalized spacial score (nSPS) is 9.94. The molecular weight excluding hydrogens is 220 g/mol. The van der Waals surface area contributed by atoms with E-state index >= 15 is 0 Å². The second-order valence-corrected chi connectivity index (χ2v) is 3.47. The van der Waals surface area contributed by atoms with Gasteiger partial charge in [0.25, 0.3) is 0 Å². The summed E-state index contributed by atoms with van der Waals surface area (Å²) in [6.07, 6.45) is 1.59. The molecule has 5 nitrogen and oxygen atoms in total. The van der Waals surface area contributed by atoms with Gasteiger partial charge < -0.3 is 9.84 Å². The van der Waals surface area contributed by atoms with Crippen LogP contribution in [0.25, 0.3) is 0 Å². The lowest BCUT2D eigenvalue weighted by molar-refractivity contribution is 0.0694. The molecule has 0 aliphatic carbocycles. The summed E-state index contributed by atoms with van der Waals surface area (Å²) < 4.78 is 5.40. The van der Waals surface area contributed by atoms with Gasteiger partial charge in [-0.05, 0) is 24.6 Å². The molecule has 0 saturated carbocycles. The van der Waals surface area contributed by atoms with Crippen molar-refractivity contribution >= 4 is 5.97 Å². The molecule has 0 fully saturated rings. The molecule has 0 unspecified atom stereocenters. The van der Waals surface area contributed by atoms with E-state index in [4.69, 9.17) is 9.84 Å². The molecule has 2 aromatic rings. The van der Waals surface area contributed by atoms with E-state index in [1.54, 1.807) is 30.5 Å². The molecular formula is C12H10N2O3. The van der Waals surface area contributed by atoms with E-state index in [2.05, 4.69) is 10.2 Å². The molecule has 2 rings (SSSR count). The van der Waals surface area contributed by atoms with E-state index in [0.717, 1.165) is 5.56 Å². The summed E-state index contributed by atoms with van der Waals surface area (Å²) in [5.41, 5.74) is 0.985. The lowest BCUT2D eigenvalue weighted by atomic mass is 10.2. The van der Waals surface area contributed by atoms with Crippen LogP contribution in [0, 0.1) is 6.92 Å². The summed E-state index contributed by atoms with van der Waals surface area (Å²) >= 11 is 0. The van der Waals surface area contributed by atoms with E-state index in [-0.39, 0.29) is 17.2 Å². The van der Waals surface area contributed by atoms with E-state index in [1.165, 1.54) is 6.07 Å². The topological polar surface area (TPSA) is 72.3 Å². The number of para-hydroxylation sites is 1. The zero-order valence-corrected chi connectivity index (χ0v) is 9.12. The number of rotatable bonds is 3. The standard InChI is InChI=1S/C12H10N2O3/c1-8-6-11(14-13-7-8)17-10-5-3-2-4-9(10)12(15)16/h2-7H,1H3,(H,15,16). The molecule has 0 radical (unpaired) electrons. The van der Waals surface area contributed by atoms with Gasteiger partial charge in [0.15, 0.2) is 0 Å². The molecule has 0 spiro atoms. The molecule has 0 bridgehead atoms. The molecule has 0 aliphatic rings. The highest BCUT2D eigenvalue weighted by Gasteiger charge is 2.11. The number of carboxylic acid groups (broad SMARTS) is 1. The van der Waals surface area contributed by atoms with Crippen LogP contribution >= 0.6 is 0 Å². The Kier molecular flexibility index (Phi) is 3.00. The zero-order valence-electron chi connectivity index (χ0n) is 9.12. The van der Waals surface area contributed by atoms with Crippen LogP contribution in [0.1, 0.15) is 15.9 Å². The van der Waals surface area contributed by atoms with Crippen LogP contribution in [0.15, 0.2) is 36.5 Å². The first-order valence-corrected chi connectivity index (χ1v) is 4.96. The maximum Gasteiger partial charge on any atom is 0.339 e. The van der Waals surface area contributed by atoms with Crippen LogP contribution in [-0.2, 0) is 0 Å². The average Bonchev–Trinajstić information content (AvgIpc) is 2.29. The van der Waals surface area contributed by atoms with Gasteiger partial charge in [-0.25, -0.2) is 4.79 Å². The van der Waals surface area contributed by atoms with Crippen LogP contribution in [0.2, 0.25) is 0 Å². The highest BCUT2D eigenvalue weighted by atomic mass is 16.5. The Morgan fingerprint density at radius 1 is 1.35 bits per heavy atom. The van der Waals surface area contributed by atoms with Crippen LogP contribution in [-0.4, -0.2) is 21.3 Å². The number of hydrogen-bond acceptors (Lipinski definition) is 4. The monoisotopic (exact) mass is 230 g/mol. The smallest absolute Gasteiger partial charge is 0.339 e. The van der Waals surface area contributed by atoms with Crippen molar-refractivity contribution in [1.29, 1.82) is 0 Å². The average molecular weight is 230 g/mol.